The summed E-state index contributed by atoms with van der Waals surface area (Å²) in [5, 5.41) is 2.62. The van der Waals surface area contributed by atoms with Crippen LogP contribution in [0.2, 0.25) is 0 Å². The molecule has 0 aliphatic carbocycles. The van der Waals surface area contributed by atoms with Crippen LogP contribution in [0.5, 0.6) is 0 Å². The van der Waals surface area contributed by atoms with Gasteiger partial charge in [-0.25, -0.2) is 4.57 Å². The van der Waals surface area contributed by atoms with Crippen LogP contribution in [0.4, 0.5) is 0 Å². The van der Waals surface area contributed by atoms with E-state index in [1.807, 2.05) is 0 Å². The highest BCUT2D eigenvalue weighted by Crippen LogP contribution is 2.33. The molecule has 0 N–H and O–H groups in total. The first kappa shape index (κ1) is 19.4. The van der Waals surface area contributed by atoms with Crippen molar-refractivity contribution in [3.8, 4) is 22.4 Å². The number of rotatable bonds is 3. The number of nitrogens with zero attached hydrogens (tertiary/aromatic N) is 1. The summed E-state index contributed by atoms with van der Waals surface area (Å²) in [7, 11) is 2.15. The lowest BCUT2D eigenvalue weighted by Gasteiger charge is -2.18. The van der Waals surface area contributed by atoms with Crippen molar-refractivity contribution in [3.05, 3.63) is 90.1 Å². The molecule has 0 saturated carbocycles. The van der Waals surface area contributed by atoms with Crippen LogP contribution in [0.1, 0.15) is 31.9 Å². The van der Waals surface area contributed by atoms with Crippen LogP contribution in [-0.4, -0.2) is 0 Å². The average molecular weight is 381 g/mol. The minimum Gasteiger partial charge on any atom is -0.200 e. The molecule has 0 spiro atoms. The van der Waals surface area contributed by atoms with E-state index in [4.69, 9.17) is 0 Å². The van der Waals surface area contributed by atoms with Crippen molar-refractivity contribution in [2.45, 2.75) is 34.1 Å². The Morgan fingerprint density at radius 2 is 1.55 bits per heavy atom. The maximum absolute atomic E-state index is 2.36. The summed E-state index contributed by atoms with van der Waals surface area (Å²) < 4.78 is 2.25. The second-order valence-electron chi connectivity index (χ2n) is 9.33. The molecule has 146 valence electrons. The lowest BCUT2D eigenvalue weighted by molar-refractivity contribution is -0.659. The fourth-order valence-corrected chi connectivity index (χ4v) is 4.17. The number of hydrogen-bond donors (Lipinski definition) is 0. The molecule has 1 heterocycles. The quantitative estimate of drug-likeness (QED) is 0.341. The third-order valence-electron chi connectivity index (χ3n) is 5.54. The molecule has 0 aliphatic heterocycles. The summed E-state index contributed by atoms with van der Waals surface area (Å²) in [6, 6.07) is 26.6. The zero-order chi connectivity index (χ0) is 20.6. The van der Waals surface area contributed by atoms with Gasteiger partial charge in [0, 0.05) is 6.07 Å². The molecule has 0 unspecified atom stereocenters. The van der Waals surface area contributed by atoms with Crippen LogP contribution in [0, 0.1) is 12.3 Å². The molecule has 0 fully saturated rings. The Balaban J connectivity index is 1.88. The molecule has 0 bridgehead atoms. The van der Waals surface area contributed by atoms with Crippen molar-refractivity contribution >= 4 is 10.8 Å². The topological polar surface area (TPSA) is 3.88 Å². The number of pyridine rings is 1. The Morgan fingerprint density at radius 1 is 0.793 bits per heavy atom. The van der Waals surface area contributed by atoms with E-state index in [9.17, 15) is 0 Å². The molecule has 1 aromatic heterocycles. The molecule has 0 saturated heterocycles. The average Bonchev–Trinajstić information content (AvgIpc) is 2.68. The molecule has 0 amide bonds. The molecular formula is C28H30N+. The maximum atomic E-state index is 2.36. The molecule has 0 radical (unpaired) electrons. The van der Waals surface area contributed by atoms with Gasteiger partial charge < -0.3 is 0 Å². The van der Waals surface area contributed by atoms with E-state index < -0.39 is 0 Å². The van der Waals surface area contributed by atoms with E-state index in [2.05, 4.69) is 118 Å². The summed E-state index contributed by atoms with van der Waals surface area (Å²) >= 11 is 0. The van der Waals surface area contributed by atoms with Crippen LogP contribution in [0.3, 0.4) is 0 Å². The zero-order valence-corrected chi connectivity index (χ0v) is 18.2. The summed E-state index contributed by atoms with van der Waals surface area (Å²) in [4.78, 5) is 0. The molecule has 4 rings (SSSR count). The van der Waals surface area contributed by atoms with Gasteiger partial charge in [-0.15, -0.1) is 0 Å². The minimum absolute atomic E-state index is 0.288. The van der Waals surface area contributed by atoms with Gasteiger partial charge in [-0.05, 0) is 58.5 Å². The first-order valence-corrected chi connectivity index (χ1v) is 10.4. The van der Waals surface area contributed by atoms with E-state index in [-0.39, 0.29) is 5.41 Å². The summed E-state index contributed by atoms with van der Waals surface area (Å²) in [5.41, 5.74) is 8.07. The van der Waals surface area contributed by atoms with E-state index >= 15 is 0 Å². The molecule has 1 nitrogen and oxygen atoms in total. The van der Waals surface area contributed by atoms with Gasteiger partial charge in [0.15, 0.2) is 6.20 Å². The van der Waals surface area contributed by atoms with Crippen molar-refractivity contribution in [3.63, 3.8) is 0 Å². The number of fused-ring (bicyclic) bond motifs is 1. The van der Waals surface area contributed by atoms with E-state index in [0.717, 1.165) is 6.42 Å². The fourth-order valence-electron chi connectivity index (χ4n) is 4.17. The summed E-state index contributed by atoms with van der Waals surface area (Å²) in [6.07, 6.45) is 3.27. The third kappa shape index (κ3) is 4.10. The molecule has 4 aromatic rings. The van der Waals surface area contributed by atoms with Gasteiger partial charge in [0.2, 0.25) is 5.69 Å². The monoisotopic (exact) mass is 380 g/mol. The van der Waals surface area contributed by atoms with Crippen LogP contribution in [-0.2, 0) is 13.5 Å². The number of hydrogen-bond acceptors (Lipinski definition) is 0. The first-order valence-electron chi connectivity index (χ1n) is 10.4. The second kappa shape index (κ2) is 7.48. The summed E-state index contributed by atoms with van der Waals surface area (Å²) in [6.45, 7) is 9.10. The van der Waals surface area contributed by atoms with Crippen molar-refractivity contribution in [1.29, 1.82) is 0 Å². The van der Waals surface area contributed by atoms with Crippen molar-refractivity contribution < 1.29 is 4.57 Å². The molecular weight excluding hydrogens is 350 g/mol. The molecule has 3 aromatic carbocycles. The van der Waals surface area contributed by atoms with Crippen molar-refractivity contribution in [1.82, 2.24) is 0 Å². The maximum Gasteiger partial charge on any atom is 0.220 e. The molecule has 0 atom stereocenters. The molecule has 0 aliphatic rings. The van der Waals surface area contributed by atoms with Gasteiger partial charge >= 0.3 is 0 Å². The largest absolute Gasteiger partial charge is 0.220 e. The first-order chi connectivity index (χ1) is 13.8. The lowest BCUT2D eigenvalue weighted by atomic mass is 9.87. The standard InChI is InChI=1S/C28H30N/c1-20-11-13-23(22-9-7-6-8-10-22)18-26(20)27-25-14-12-21(19-28(2,3)4)17-24(25)15-16-29(27)5/h6-18H,19H2,1-5H3/q+1. The smallest absolute Gasteiger partial charge is 0.200 e. The predicted molar refractivity (Wildman–Crippen MR) is 124 cm³/mol. The van der Waals surface area contributed by atoms with Gasteiger partial charge in [-0.2, -0.15) is 0 Å². The van der Waals surface area contributed by atoms with Crippen LogP contribution in [0.25, 0.3) is 33.2 Å². The van der Waals surface area contributed by atoms with Crippen molar-refractivity contribution in [2.75, 3.05) is 0 Å². The van der Waals surface area contributed by atoms with E-state index in [1.54, 1.807) is 0 Å². The Morgan fingerprint density at radius 3 is 2.28 bits per heavy atom. The van der Waals surface area contributed by atoms with Crippen LogP contribution in [0.15, 0.2) is 79.0 Å². The summed E-state index contributed by atoms with van der Waals surface area (Å²) in [5.74, 6) is 0. The minimum atomic E-state index is 0.288. The highest BCUT2D eigenvalue weighted by atomic mass is 14.9. The lowest BCUT2D eigenvalue weighted by Crippen LogP contribution is -2.30. The van der Waals surface area contributed by atoms with Gasteiger partial charge in [0.05, 0.1) is 10.9 Å². The number of benzene rings is 3. The predicted octanol–water partition coefficient (Wildman–Crippen LogP) is 6.90. The van der Waals surface area contributed by atoms with Gasteiger partial charge in [0.25, 0.3) is 0 Å². The Labute approximate surface area is 174 Å². The zero-order valence-electron chi connectivity index (χ0n) is 18.2. The molecule has 29 heavy (non-hydrogen) atoms. The SMILES string of the molecule is Cc1ccc(-c2ccccc2)cc1-c1c2ccc(CC(C)(C)C)cc2cc[n+]1C. The fraction of sp³-hybridized carbons (Fsp3) is 0.250. The Bertz CT molecular complexity index is 1160. The van der Waals surface area contributed by atoms with Gasteiger partial charge in [0.1, 0.15) is 7.05 Å². The van der Waals surface area contributed by atoms with Crippen molar-refractivity contribution in [2.24, 2.45) is 12.5 Å². The van der Waals surface area contributed by atoms with Crippen LogP contribution >= 0.6 is 0 Å². The van der Waals surface area contributed by atoms with Crippen LogP contribution < -0.4 is 4.57 Å². The number of aryl methyl sites for hydroxylation is 2. The Hall–Kier alpha value is -2.93. The Kier molecular flexibility index (Phi) is 5.00. The normalized spacial score (nSPS) is 11.8. The highest BCUT2D eigenvalue weighted by molar-refractivity contribution is 5.94. The van der Waals surface area contributed by atoms with E-state index in [1.165, 1.54) is 44.3 Å². The van der Waals surface area contributed by atoms with E-state index in [0.29, 0.717) is 0 Å². The van der Waals surface area contributed by atoms with Gasteiger partial charge in [-0.3, -0.25) is 0 Å². The number of aromatic nitrogens is 1. The highest BCUT2D eigenvalue weighted by Gasteiger charge is 2.19. The third-order valence-corrected chi connectivity index (χ3v) is 5.54. The molecule has 1 heteroatoms. The van der Waals surface area contributed by atoms with Gasteiger partial charge in [-0.1, -0.05) is 75.4 Å². The second-order valence-corrected chi connectivity index (χ2v) is 9.33.